The zero-order chi connectivity index (χ0) is 20.4. The Hall–Kier alpha value is -2.90. The van der Waals surface area contributed by atoms with Crippen molar-refractivity contribution in [3.05, 3.63) is 47.0 Å². The Kier molecular flexibility index (Phi) is 5.88. The molecular weight excluding hydrogens is 361 g/mol. The normalized spacial score (nSPS) is 11.1. The van der Waals surface area contributed by atoms with Crippen molar-refractivity contribution in [2.75, 3.05) is 38.5 Å². The number of carbonyl (C=O) groups excluding carboxylic acids is 1. The molecule has 0 bridgehead atoms. The van der Waals surface area contributed by atoms with Gasteiger partial charge in [0.05, 0.1) is 31.2 Å². The predicted molar refractivity (Wildman–Crippen MR) is 98.0 cm³/mol. The van der Waals surface area contributed by atoms with Crippen molar-refractivity contribution >= 4 is 17.3 Å². The molecule has 0 aliphatic carbocycles. The Morgan fingerprint density at radius 2 is 1.59 bits per heavy atom. The summed E-state index contributed by atoms with van der Waals surface area (Å²) in [4.78, 5) is 14.3. The molecule has 0 radical (unpaired) electrons. The van der Waals surface area contributed by atoms with Crippen LogP contribution < -0.4 is 19.7 Å². The van der Waals surface area contributed by atoms with Gasteiger partial charge in [-0.1, -0.05) is 0 Å². The summed E-state index contributed by atoms with van der Waals surface area (Å²) in [6, 6.07) is 6.22. The summed E-state index contributed by atoms with van der Waals surface area (Å²) in [5, 5.41) is 2.55. The van der Waals surface area contributed by atoms with E-state index in [0.717, 1.165) is 12.1 Å². The van der Waals surface area contributed by atoms with Gasteiger partial charge in [-0.2, -0.15) is 13.2 Å². The molecule has 2 aromatic carbocycles. The highest BCUT2D eigenvalue weighted by Gasteiger charge is 2.31. The lowest BCUT2D eigenvalue weighted by atomic mass is 10.1. The van der Waals surface area contributed by atoms with Crippen LogP contribution in [0.25, 0.3) is 0 Å². The smallest absolute Gasteiger partial charge is 0.416 e. The number of alkyl halides is 3. The minimum Gasteiger partial charge on any atom is -0.496 e. The number of nitrogens with one attached hydrogen (secondary N) is 1. The van der Waals surface area contributed by atoms with Gasteiger partial charge in [0.1, 0.15) is 11.5 Å². The van der Waals surface area contributed by atoms with E-state index >= 15 is 0 Å². The van der Waals surface area contributed by atoms with Gasteiger partial charge in [0.2, 0.25) is 0 Å². The van der Waals surface area contributed by atoms with Crippen LogP contribution in [0.3, 0.4) is 0 Å². The van der Waals surface area contributed by atoms with Gasteiger partial charge in [-0.25, -0.2) is 0 Å². The molecule has 1 N–H and O–H groups in total. The van der Waals surface area contributed by atoms with Gasteiger partial charge >= 0.3 is 6.18 Å². The maximum absolute atomic E-state index is 13.0. The molecule has 1 amide bonds. The fraction of sp³-hybridized carbons (Fsp3) is 0.316. The molecule has 0 unspecified atom stereocenters. The molecule has 0 fully saturated rings. The van der Waals surface area contributed by atoms with Crippen molar-refractivity contribution in [1.82, 2.24) is 0 Å². The molecule has 2 aromatic rings. The molecule has 0 heterocycles. The van der Waals surface area contributed by atoms with Crippen molar-refractivity contribution in [2.45, 2.75) is 13.1 Å². The van der Waals surface area contributed by atoms with Crippen LogP contribution >= 0.6 is 0 Å². The molecule has 0 atom stereocenters. The Balaban J connectivity index is 2.45. The molecule has 0 spiro atoms. The SMILES string of the molecule is COc1cc(C(=O)Nc2cc(C(F)(F)F)ccc2N(C)C)cc(OC)c1C. The third-order valence-corrected chi connectivity index (χ3v) is 4.07. The molecule has 8 heteroatoms. The highest BCUT2D eigenvalue weighted by Crippen LogP contribution is 2.35. The number of benzene rings is 2. The summed E-state index contributed by atoms with van der Waals surface area (Å²) in [6.07, 6.45) is -4.51. The molecule has 0 saturated carbocycles. The topological polar surface area (TPSA) is 50.8 Å². The number of rotatable bonds is 5. The van der Waals surface area contributed by atoms with Crippen LogP contribution in [-0.4, -0.2) is 34.2 Å². The van der Waals surface area contributed by atoms with Gasteiger partial charge in [0.25, 0.3) is 5.91 Å². The Morgan fingerprint density at radius 1 is 1.04 bits per heavy atom. The van der Waals surface area contributed by atoms with Crippen molar-refractivity contribution in [1.29, 1.82) is 0 Å². The standard InChI is InChI=1S/C19H21F3N2O3/c1-11-16(26-4)8-12(9-17(11)27-5)18(25)23-14-10-13(19(20,21)22)6-7-15(14)24(2)3/h6-10H,1-5H3,(H,23,25). The second-order valence-electron chi connectivity index (χ2n) is 6.08. The Bertz CT molecular complexity index is 824. The molecule has 0 aliphatic heterocycles. The van der Waals surface area contributed by atoms with E-state index in [0.29, 0.717) is 22.7 Å². The van der Waals surface area contributed by atoms with Gasteiger partial charge in [-0.3, -0.25) is 4.79 Å². The molecule has 0 aliphatic rings. The lowest BCUT2D eigenvalue weighted by Crippen LogP contribution is -2.18. The van der Waals surface area contributed by atoms with Crippen LogP contribution in [-0.2, 0) is 6.18 Å². The second kappa shape index (κ2) is 7.77. The van der Waals surface area contributed by atoms with E-state index in [1.165, 1.54) is 32.4 Å². The highest BCUT2D eigenvalue weighted by molar-refractivity contribution is 6.06. The number of hydrogen-bond acceptors (Lipinski definition) is 4. The summed E-state index contributed by atoms with van der Waals surface area (Å²) >= 11 is 0. The molecule has 146 valence electrons. The zero-order valence-electron chi connectivity index (χ0n) is 15.7. The average Bonchev–Trinajstić information content (AvgIpc) is 2.60. The van der Waals surface area contributed by atoms with Crippen molar-refractivity contribution in [2.24, 2.45) is 0 Å². The number of amides is 1. The summed E-state index contributed by atoms with van der Waals surface area (Å²) < 4.78 is 49.6. The van der Waals surface area contributed by atoms with Crippen LogP contribution in [0.15, 0.2) is 30.3 Å². The molecule has 5 nitrogen and oxygen atoms in total. The van der Waals surface area contributed by atoms with Gasteiger partial charge in [-0.05, 0) is 37.3 Å². The number of nitrogens with zero attached hydrogens (tertiary/aromatic N) is 1. The first kappa shape index (κ1) is 20.4. The maximum atomic E-state index is 13.0. The number of ether oxygens (including phenoxy) is 2. The minimum absolute atomic E-state index is 0.0540. The minimum atomic E-state index is -4.51. The molecule has 0 saturated heterocycles. The molecule has 0 aromatic heterocycles. The fourth-order valence-corrected chi connectivity index (χ4v) is 2.61. The van der Waals surface area contributed by atoms with E-state index in [4.69, 9.17) is 9.47 Å². The first-order chi connectivity index (χ1) is 12.6. The van der Waals surface area contributed by atoms with E-state index in [1.54, 1.807) is 25.9 Å². The molecule has 2 rings (SSSR count). The lowest BCUT2D eigenvalue weighted by molar-refractivity contribution is -0.137. The Morgan fingerprint density at radius 3 is 2.04 bits per heavy atom. The van der Waals surface area contributed by atoms with Crippen LogP contribution in [0.5, 0.6) is 11.5 Å². The van der Waals surface area contributed by atoms with E-state index in [9.17, 15) is 18.0 Å². The van der Waals surface area contributed by atoms with Gasteiger partial charge in [0, 0.05) is 25.2 Å². The molecule has 27 heavy (non-hydrogen) atoms. The summed E-state index contributed by atoms with van der Waals surface area (Å²) in [7, 11) is 6.27. The quantitative estimate of drug-likeness (QED) is 0.835. The van der Waals surface area contributed by atoms with Crippen LogP contribution in [0, 0.1) is 6.92 Å². The van der Waals surface area contributed by atoms with Crippen molar-refractivity contribution < 1.29 is 27.4 Å². The summed E-state index contributed by atoms with van der Waals surface area (Å²) in [5.74, 6) is 0.307. The van der Waals surface area contributed by atoms with Gasteiger partial charge < -0.3 is 19.7 Å². The number of anilines is 2. The van der Waals surface area contributed by atoms with Crippen LogP contribution in [0.1, 0.15) is 21.5 Å². The highest BCUT2D eigenvalue weighted by atomic mass is 19.4. The largest absolute Gasteiger partial charge is 0.496 e. The second-order valence-corrected chi connectivity index (χ2v) is 6.08. The van der Waals surface area contributed by atoms with Crippen molar-refractivity contribution in [3.8, 4) is 11.5 Å². The third kappa shape index (κ3) is 4.45. The third-order valence-electron chi connectivity index (χ3n) is 4.07. The maximum Gasteiger partial charge on any atom is 0.416 e. The van der Waals surface area contributed by atoms with Crippen molar-refractivity contribution in [3.63, 3.8) is 0 Å². The number of carbonyl (C=O) groups is 1. The van der Waals surface area contributed by atoms with E-state index < -0.39 is 17.6 Å². The first-order valence-corrected chi connectivity index (χ1v) is 8.01. The predicted octanol–water partition coefficient (Wildman–Crippen LogP) is 4.35. The summed E-state index contributed by atoms with van der Waals surface area (Å²) in [5.41, 5.74) is 0.573. The van der Waals surface area contributed by atoms with E-state index in [2.05, 4.69) is 5.32 Å². The van der Waals surface area contributed by atoms with Crippen LogP contribution in [0.2, 0.25) is 0 Å². The fourth-order valence-electron chi connectivity index (χ4n) is 2.61. The Labute approximate surface area is 155 Å². The average molecular weight is 382 g/mol. The number of halogens is 3. The summed E-state index contributed by atoms with van der Waals surface area (Å²) in [6.45, 7) is 1.77. The number of hydrogen-bond donors (Lipinski definition) is 1. The lowest BCUT2D eigenvalue weighted by Gasteiger charge is -2.20. The monoisotopic (exact) mass is 382 g/mol. The van der Waals surface area contributed by atoms with E-state index in [-0.39, 0.29) is 11.3 Å². The van der Waals surface area contributed by atoms with E-state index in [1.807, 2.05) is 0 Å². The van der Waals surface area contributed by atoms with Crippen LogP contribution in [0.4, 0.5) is 24.5 Å². The van der Waals surface area contributed by atoms with Gasteiger partial charge in [-0.15, -0.1) is 0 Å². The molecular formula is C19H21F3N2O3. The number of methoxy groups -OCH3 is 2. The zero-order valence-corrected chi connectivity index (χ0v) is 15.7. The van der Waals surface area contributed by atoms with Gasteiger partial charge in [0.15, 0.2) is 0 Å². The first-order valence-electron chi connectivity index (χ1n) is 8.01.